The van der Waals surface area contributed by atoms with Crippen LogP contribution in [0, 0.1) is 11.3 Å². The van der Waals surface area contributed by atoms with Crippen molar-refractivity contribution in [3.8, 4) is 17.6 Å². The Bertz CT molecular complexity index is 982. The van der Waals surface area contributed by atoms with Crippen molar-refractivity contribution in [2.75, 3.05) is 18.7 Å². The quantitative estimate of drug-likeness (QED) is 0.794. The summed E-state index contributed by atoms with van der Waals surface area (Å²) in [5, 5.41) is 11.7. The van der Waals surface area contributed by atoms with E-state index in [1.54, 1.807) is 24.3 Å². The van der Waals surface area contributed by atoms with Gasteiger partial charge in [0.2, 0.25) is 22.7 Å². The van der Waals surface area contributed by atoms with Crippen LogP contribution in [0.3, 0.4) is 0 Å². The third-order valence-corrected chi connectivity index (χ3v) is 5.12. The molecule has 3 rings (SSSR count). The van der Waals surface area contributed by atoms with Gasteiger partial charge in [0.05, 0.1) is 10.5 Å². The molecule has 1 amide bonds. The largest absolute Gasteiger partial charge is 0.454 e. The first-order valence-corrected chi connectivity index (χ1v) is 9.16. The lowest BCUT2D eigenvalue weighted by molar-refractivity contribution is -0.116. The van der Waals surface area contributed by atoms with Gasteiger partial charge in [0.25, 0.3) is 0 Å². The predicted octanol–water partition coefficient (Wildman–Crippen LogP) is 1.59. The number of anilines is 1. The van der Waals surface area contributed by atoms with E-state index in [1.807, 2.05) is 6.07 Å². The molecule has 8 nitrogen and oxygen atoms in total. The molecule has 0 fully saturated rings. The zero-order valence-corrected chi connectivity index (χ0v) is 14.4. The third-order valence-electron chi connectivity index (χ3n) is 3.60. The summed E-state index contributed by atoms with van der Waals surface area (Å²) in [6.45, 7) is 0.0389. The van der Waals surface area contributed by atoms with E-state index in [0.29, 0.717) is 17.2 Å². The van der Waals surface area contributed by atoms with Crippen LogP contribution < -0.4 is 19.5 Å². The average molecular weight is 373 g/mol. The highest BCUT2D eigenvalue weighted by Gasteiger charge is 2.18. The van der Waals surface area contributed by atoms with Crippen LogP contribution in [0.5, 0.6) is 11.5 Å². The van der Waals surface area contributed by atoms with Gasteiger partial charge < -0.3 is 14.8 Å². The van der Waals surface area contributed by atoms with Crippen LogP contribution >= 0.6 is 0 Å². The maximum atomic E-state index is 12.3. The smallest absolute Gasteiger partial charge is 0.241 e. The lowest BCUT2D eigenvalue weighted by atomic mass is 10.2. The Morgan fingerprint density at radius 2 is 1.92 bits per heavy atom. The maximum Gasteiger partial charge on any atom is 0.241 e. The van der Waals surface area contributed by atoms with Crippen molar-refractivity contribution in [1.29, 1.82) is 5.26 Å². The number of nitrogens with one attached hydrogen (secondary N) is 2. The lowest BCUT2D eigenvalue weighted by Crippen LogP contribution is -2.28. The predicted molar refractivity (Wildman–Crippen MR) is 92.2 cm³/mol. The Morgan fingerprint density at radius 3 is 2.73 bits per heavy atom. The molecule has 0 spiro atoms. The Labute approximate surface area is 150 Å². The first-order chi connectivity index (χ1) is 12.5. The van der Waals surface area contributed by atoms with Crippen molar-refractivity contribution in [2.24, 2.45) is 0 Å². The molecule has 26 heavy (non-hydrogen) atoms. The molecular formula is C17H15N3O5S. The number of amides is 1. The molecule has 1 aliphatic rings. The van der Waals surface area contributed by atoms with E-state index < -0.39 is 10.0 Å². The topological polar surface area (TPSA) is 118 Å². The van der Waals surface area contributed by atoms with E-state index in [0.717, 1.165) is 0 Å². The molecule has 0 aliphatic carbocycles. The molecule has 0 unspecified atom stereocenters. The van der Waals surface area contributed by atoms with Gasteiger partial charge in [-0.2, -0.15) is 5.26 Å². The summed E-state index contributed by atoms with van der Waals surface area (Å²) >= 11 is 0. The summed E-state index contributed by atoms with van der Waals surface area (Å²) in [4.78, 5) is 11.9. The van der Waals surface area contributed by atoms with Gasteiger partial charge in [-0.1, -0.05) is 12.1 Å². The van der Waals surface area contributed by atoms with Crippen LogP contribution in [0.1, 0.15) is 12.0 Å². The monoisotopic (exact) mass is 373 g/mol. The Morgan fingerprint density at radius 1 is 1.15 bits per heavy atom. The van der Waals surface area contributed by atoms with Gasteiger partial charge in [-0.15, -0.1) is 0 Å². The number of sulfonamides is 1. The van der Waals surface area contributed by atoms with Crippen molar-refractivity contribution < 1.29 is 22.7 Å². The summed E-state index contributed by atoms with van der Waals surface area (Å²) < 4.78 is 37.2. The van der Waals surface area contributed by atoms with Gasteiger partial charge in [0, 0.05) is 24.7 Å². The van der Waals surface area contributed by atoms with Crippen LogP contribution in [-0.2, 0) is 14.8 Å². The minimum atomic E-state index is -3.87. The SMILES string of the molecule is N#Cc1ccccc1S(=O)(=O)NCCC(=O)Nc1ccc2c(c1)OCO2. The molecule has 0 bridgehead atoms. The number of benzene rings is 2. The number of ether oxygens (including phenoxy) is 2. The molecule has 0 saturated heterocycles. The van der Waals surface area contributed by atoms with E-state index >= 15 is 0 Å². The molecule has 0 atom stereocenters. The lowest BCUT2D eigenvalue weighted by Gasteiger charge is -2.09. The van der Waals surface area contributed by atoms with Gasteiger partial charge >= 0.3 is 0 Å². The number of rotatable bonds is 6. The summed E-state index contributed by atoms with van der Waals surface area (Å²) in [6.07, 6.45) is -0.0671. The second-order valence-electron chi connectivity index (χ2n) is 5.37. The maximum absolute atomic E-state index is 12.3. The normalized spacial score (nSPS) is 12.4. The van der Waals surface area contributed by atoms with Gasteiger partial charge in [0.1, 0.15) is 6.07 Å². The minimum Gasteiger partial charge on any atom is -0.454 e. The number of carbonyl (C=O) groups excluding carboxylic acids is 1. The van der Waals surface area contributed by atoms with Crippen LogP contribution in [0.25, 0.3) is 0 Å². The Balaban J connectivity index is 1.56. The van der Waals surface area contributed by atoms with Crippen LogP contribution in [0.4, 0.5) is 5.69 Å². The molecule has 9 heteroatoms. The van der Waals surface area contributed by atoms with Crippen molar-refractivity contribution in [2.45, 2.75) is 11.3 Å². The van der Waals surface area contributed by atoms with E-state index in [2.05, 4.69) is 10.0 Å². The van der Waals surface area contributed by atoms with E-state index in [1.165, 1.54) is 18.2 Å². The number of carbonyl (C=O) groups is 1. The fourth-order valence-electron chi connectivity index (χ4n) is 2.37. The minimum absolute atomic E-state index is 0.0461. The number of hydrogen-bond acceptors (Lipinski definition) is 6. The molecule has 0 saturated carbocycles. The molecule has 1 aliphatic heterocycles. The van der Waals surface area contributed by atoms with Crippen molar-refractivity contribution in [1.82, 2.24) is 4.72 Å². The zero-order chi connectivity index (χ0) is 18.6. The highest BCUT2D eigenvalue weighted by molar-refractivity contribution is 7.89. The molecule has 0 aromatic heterocycles. The van der Waals surface area contributed by atoms with Crippen LogP contribution in [-0.4, -0.2) is 27.7 Å². The van der Waals surface area contributed by atoms with Crippen molar-refractivity contribution in [3.05, 3.63) is 48.0 Å². The average Bonchev–Trinajstić information content (AvgIpc) is 3.09. The second-order valence-corrected chi connectivity index (χ2v) is 7.11. The van der Waals surface area contributed by atoms with E-state index in [-0.39, 0.29) is 36.1 Å². The third kappa shape index (κ3) is 3.93. The first-order valence-electron chi connectivity index (χ1n) is 7.68. The molecule has 134 valence electrons. The molecule has 2 aromatic carbocycles. The first kappa shape index (κ1) is 17.7. The number of fused-ring (bicyclic) bond motifs is 1. The molecule has 2 N–H and O–H groups in total. The second kappa shape index (κ2) is 7.43. The molecule has 1 heterocycles. The molecule has 2 aromatic rings. The Hall–Kier alpha value is -3.09. The Kier molecular flexibility index (Phi) is 5.06. The van der Waals surface area contributed by atoms with Crippen LogP contribution in [0.15, 0.2) is 47.4 Å². The fourth-order valence-corrected chi connectivity index (χ4v) is 3.56. The highest BCUT2D eigenvalue weighted by atomic mass is 32.2. The zero-order valence-electron chi connectivity index (χ0n) is 13.6. The van der Waals surface area contributed by atoms with Gasteiger partial charge in [0.15, 0.2) is 11.5 Å². The summed E-state index contributed by atoms with van der Waals surface area (Å²) in [6, 6.07) is 12.7. The van der Waals surface area contributed by atoms with Gasteiger partial charge in [-0.05, 0) is 24.3 Å². The highest BCUT2D eigenvalue weighted by Crippen LogP contribution is 2.34. The van der Waals surface area contributed by atoms with Crippen LogP contribution in [0.2, 0.25) is 0 Å². The number of nitriles is 1. The van der Waals surface area contributed by atoms with Crippen molar-refractivity contribution in [3.63, 3.8) is 0 Å². The number of nitrogens with zero attached hydrogens (tertiary/aromatic N) is 1. The summed E-state index contributed by atoms with van der Waals surface area (Å²) in [5.74, 6) is 0.781. The molecular weight excluding hydrogens is 358 g/mol. The summed E-state index contributed by atoms with van der Waals surface area (Å²) in [7, 11) is -3.87. The number of hydrogen-bond donors (Lipinski definition) is 2. The van der Waals surface area contributed by atoms with Crippen molar-refractivity contribution >= 4 is 21.6 Å². The van der Waals surface area contributed by atoms with Gasteiger partial charge in [-0.3, -0.25) is 4.79 Å². The fraction of sp³-hybridized carbons (Fsp3) is 0.176. The van der Waals surface area contributed by atoms with E-state index in [4.69, 9.17) is 14.7 Å². The van der Waals surface area contributed by atoms with Gasteiger partial charge in [-0.25, -0.2) is 13.1 Å². The standard InChI is InChI=1S/C17H15N3O5S/c18-10-12-3-1-2-4-16(12)26(22,23)19-8-7-17(21)20-13-5-6-14-15(9-13)25-11-24-14/h1-6,9,19H,7-8,11H2,(H,20,21). The van der Waals surface area contributed by atoms with E-state index in [9.17, 15) is 13.2 Å². The molecule has 0 radical (unpaired) electrons. The summed E-state index contributed by atoms with van der Waals surface area (Å²) in [5.41, 5.74) is 0.571.